The third-order valence-electron chi connectivity index (χ3n) is 3.42. The average molecular weight is 308 g/mol. The highest BCUT2D eigenvalue weighted by atomic mass is 32.1. The van der Waals surface area contributed by atoms with Gasteiger partial charge in [-0.15, -0.1) is 11.3 Å². The quantitative estimate of drug-likeness (QED) is 0.868. The molecule has 1 aliphatic rings. The molecule has 0 atom stereocenters. The summed E-state index contributed by atoms with van der Waals surface area (Å²) in [7, 11) is 0. The van der Waals surface area contributed by atoms with Crippen LogP contribution in [-0.4, -0.2) is 35.5 Å². The molecule has 0 unspecified atom stereocenters. The van der Waals surface area contributed by atoms with E-state index in [0.717, 1.165) is 43.6 Å². The predicted octanol–water partition coefficient (Wildman–Crippen LogP) is 3.12. The molecule has 0 N–H and O–H groups in total. The van der Waals surface area contributed by atoms with Gasteiger partial charge in [-0.1, -0.05) is 13.8 Å². The van der Waals surface area contributed by atoms with Gasteiger partial charge in [0.25, 0.3) is 0 Å². The summed E-state index contributed by atoms with van der Waals surface area (Å²) in [6, 6.07) is 4.32. The summed E-state index contributed by atoms with van der Waals surface area (Å²) in [4.78, 5) is 9.50. The molecule has 1 fully saturated rings. The van der Waals surface area contributed by atoms with Crippen molar-refractivity contribution in [1.29, 1.82) is 0 Å². The number of hydrogen-bond acceptors (Lipinski definition) is 6. The van der Waals surface area contributed by atoms with Crippen LogP contribution in [0.25, 0.3) is 0 Å². The Hall–Kier alpha value is -1.14. The van der Waals surface area contributed by atoms with Gasteiger partial charge in [-0.2, -0.15) is 4.37 Å². The number of nitrogens with zero attached hydrogens (tertiary/aromatic N) is 4. The lowest BCUT2D eigenvalue weighted by Gasteiger charge is -2.34. The second-order valence-electron chi connectivity index (χ2n) is 5.52. The molecule has 2 aromatic heterocycles. The average Bonchev–Trinajstić information content (AvgIpc) is 3.09. The molecular formula is C14H20N4S2. The highest BCUT2D eigenvalue weighted by Gasteiger charge is 2.20. The number of thiophene rings is 1. The lowest BCUT2D eigenvalue weighted by atomic mass is 10.1. The first kappa shape index (κ1) is 13.8. The molecule has 0 spiro atoms. The van der Waals surface area contributed by atoms with Gasteiger partial charge in [-0.3, -0.25) is 0 Å². The normalized spacial score (nSPS) is 16.1. The molecular weight excluding hydrogens is 288 g/mol. The van der Waals surface area contributed by atoms with Crippen LogP contribution in [0, 0.1) is 5.92 Å². The van der Waals surface area contributed by atoms with Crippen LogP contribution in [-0.2, 0) is 6.42 Å². The second-order valence-corrected chi connectivity index (χ2v) is 7.17. The van der Waals surface area contributed by atoms with Crippen LogP contribution >= 0.6 is 22.9 Å². The summed E-state index contributed by atoms with van der Waals surface area (Å²) in [5.74, 6) is 1.62. The van der Waals surface area contributed by atoms with E-state index in [2.05, 4.69) is 50.5 Å². The molecule has 1 aliphatic heterocycles. The van der Waals surface area contributed by atoms with Gasteiger partial charge in [-0.25, -0.2) is 4.98 Å². The molecule has 0 saturated carbocycles. The molecule has 3 heterocycles. The van der Waals surface area contributed by atoms with Gasteiger partial charge in [0.2, 0.25) is 5.13 Å². The van der Waals surface area contributed by atoms with Crippen molar-refractivity contribution in [1.82, 2.24) is 9.36 Å². The number of piperazine rings is 1. The fourth-order valence-electron chi connectivity index (χ4n) is 2.39. The smallest absolute Gasteiger partial charge is 0.205 e. The van der Waals surface area contributed by atoms with Gasteiger partial charge in [0.1, 0.15) is 5.82 Å². The highest BCUT2D eigenvalue weighted by Crippen LogP contribution is 2.25. The summed E-state index contributed by atoms with van der Waals surface area (Å²) < 4.78 is 4.48. The van der Waals surface area contributed by atoms with Crippen molar-refractivity contribution in [3.8, 4) is 0 Å². The van der Waals surface area contributed by atoms with Gasteiger partial charge in [0.15, 0.2) is 0 Å². The van der Waals surface area contributed by atoms with E-state index in [-0.39, 0.29) is 0 Å². The predicted molar refractivity (Wildman–Crippen MR) is 87.2 cm³/mol. The third kappa shape index (κ3) is 3.12. The number of hydrogen-bond donors (Lipinski definition) is 0. The van der Waals surface area contributed by atoms with Crippen molar-refractivity contribution in [2.75, 3.05) is 36.0 Å². The van der Waals surface area contributed by atoms with E-state index in [1.165, 1.54) is 5.00 Å². The topological polar surface area (TPSA) is 32.3 Å². The Balaban J connectivity index is 1.59. The zero-order chi connectivity index (χ0) is 13.9. The number of rotatable bonds is 4. The van der Waals surface area contributed by atoms with E-state index in [1.54, 1.807) is 11.5 Å². The van der Waals surface area contributed by atoms with Crippen LogP contribution in [0.1, 0.15) is 19.7 Å². The monoisotopic (exact) mass is 308 g/mol. The zero-order valence-electron chi connectivity index (χ0n) is 12.0. The van der Waals surface area contributed by atoms with Crippen molar-refractivity contribution in [2.24, 2.45) is 5.92 Å². The van der Waals surface area contributed by atoms with Crippen molar-refractivity contribution < 1.29 is 0 Å². The van der Waals surface area contributed by atoms with E-state index in [0.29, 0.717) is 5.92 Å². The fraction of sp³-hybridized carbons (Fsp3) is 0.571. The molecule has 20 heavy (non-hydrogen) atoms. The molecule has 0 amide bonds. The maximum absolute atomic E-state index is 4.68. The van der Waals surface area contributed by atoms with Crippen LogP contribution in [0.2, 0.25) is 0 Å². The Bertz CT molecular complexity index is 527. The molecule has 108 valence electrons. The Labute approximate surface area is 128 Å². The minimum absolute atomic E-state index is 0.619. The lowest BCUT2D eigenvalue weighted by Crippen LogP contribution is -2.46. The van der Waals surface area contributed by atoms with Gasteiger partial charge >= 0.3 is 0 Å². The molecule has 0 aromatic carbocycles. The number of anilines is 2. The van der Waals surface area contributed by atoms with E-state index < -0.39 is 0 Å². The third-order valence-corrected chi connectivity index (χ3v) is 5.16. The largest absolute Gasteiger partial charge is 0.360 e. The summed E-state index contributed by atoms with van der Waals surface area (Å²) in [5, 5.41) is 4.61. The SMILES string of the molecule is CC(C)Cc1nsc(N2CCN(c3cccs3)CC2)n1. The summed E-state index contributed by atoms with van der Waals surface area (Å²) in [6.07, 6.45) is 0.978. The summed E-state index contributed by atoms with van der Waals surface area (Å²) in [6.45, 7) is 8.63. The molecule has 2 aromatic rings. The minimum atomic E-state index is 0.619. The lowest BCUT2D eigenvalue weighted by molar-refractivity contribution is 0.622. The van der Waals surface area contributed by atoms with Crippen LogP contribution in [0.5, 0.6) is 0 Å². The second kappa shape index (κ2) is 6.10. The summed E-state index contributed by atoms with van der Waals surface area (Å²) in [5.41, 5.74) is 0. The Morgan fingerprint density at radius 1 is 1.20 bits per heavy atom. The van der Waals surface area contributed by atoms with Crippen LogP contribution in [0.15, 0.2) is 17.5 Å². The van der Waals surface area contributed by atoms with Crippen LogP contribution < -0.4 is 9.80 Å². The van der Waals surface area contributed by atoms with E-state index >= 15 is 0 Å². The van der Waals surface area contributed by atoms with Crippen molar-refractivity contribution >= 4 is 33.0 Å². The van der Waals surface area contributed by atoms with Gasteiger partial charge in [0.05, 0.1) is 5.00 Å². The molecule has 1 saturated heterocycles. The van der Waals surface area contributed by atoms with Crippen molar-refractivity contribution in [3.63, 3.8) is 0 Å². The number of aromatic nitrogens is 2. The van der Waals surface area contributed by atoms with E-state index in [1.807, 2.05) is 11.3 Å². The van der Waals surface area contributed by atoms with Crippen LogP contribution in [0.3, 0.4) is 0 Å². The first-order valence-electron chi connectivity index (χ1n) is 7.08. The van der Waals surface area contributed by atoms with Crippen LogP contribution in [0.4, 0.5) is 10.1 Å². The Kier molecular flexibility index (Phi) is 4.21. The van der Waals surface area contributed by atoms with Gasteiger partial charge in [-0.05, 0) is 23.4 Å². The van der Waals surface area contributed by atoms with Gasteiger partial charge in [0, 0.05) is 44.1 Å². The molecule has 0 aliphatic carbocycles. The van der Waals surface area contributed by atoms with Crippen molar-refractivity contribution in [2.45, 2.75) is 20.3 Å². The molecule has 4 nitrogen and oxygen atoms in total. The van der Waals surface area contributed by atoms with E-state index in [4.69, 9.17) is 0 Å². The standard InChI is InChI=1S/C14H20N4S2/c1-11(2)10-12-15-14(20-16-12)18-7-5-17(6-8-18)13-4-3-9-19-13/h3-4,9,11H,5-8,10H2,1-2H3. The first-order chi connectivity index (χ1) is 9.72. The first-order valence-corrected chi connectivity index (χ1v) is 8.73. The zero-order valence-corrected chi connectivity index (χ0v) is 13.6. The fourth-order valence-corrected chi connectivity index (χ4v) is 3.92. The van der Waals surface area contributed by atoms with E-state index in [9.17, 15) is 0 Å². The highest BCUT2D eigenvalue weighted by molar-refractivity contribution is 7.14. The summed E-state index contributed by atoms with van der Waals surface area (Å²) >= 11 is 3.37. The molecule has 3 rings (SSSR count). The maximum Gasteiger partial charge on any atom is 0.205 e. The minimum Gasteiger partial charge on any atom is -0.360 e. The van der Waals surface area contributed by atoms with Gasteiger partial charge < -0.3 is 9.80 Å². The molecule has 0 bridgehead atoms. The van der Waals surface area contributed by atoms with Crippen molar-refractivity contribution in [3.05, 3.63) is 23.3 Å². The Morgan fingerprint density at radius 3 is 2.60 bits per heavy atom. The maximum atomic E-state index is 4.68. The molecule has 0 radical (unpaired) electrons. The Morgan fingerprint density at radius 2 is 1.95 bits per heavy atom. The molecule has 6 heteroatoms.